The van der Waals surface area contributed by atoms with Crippen LogP contribution in [0.4, 0.5) is 5.69 Å². The summed E-state index contributed by atoms with van der Waals surface area (Å²) in [6.07, 6.45) is 0.759. The molecule has 0 atom stereocenters. The van der Waals surface area contributed by atoms with Crippen molar-refractivity contribution in [3.8, 4) is 0 Å². The van der Waals surface area contributed by atoms with Crippen LogP contribution >= 0.6 is 11.6 Å². The lowest BCUT2D eigenvalue weighted by Crippen LogP contribution is -2.26. The van der Waals surface area contributed by atoms with E-state index in [1.54, 1.807) is 6.07 Å². The van der Waals surface area contributed by atoms with Gasteiger partial charge in [0.1, 0.15) is 0 Å². The fourth-order valence-corrected chi connectivity index (χ4v) is 2.07. The van der Waals surface area contributed by atoms with E-state index in [0.29, 0.717) is 22.8 Å². The Morgan fingerprint density at radius 2 is 1.90 bits per heavy atom. The maximum absolute atomic E-state index is 12.0. The maximum Gasteiger partial charge on any atom is 0.253 e. The summed E-state index contributed by atoms with van der Waals surface area (Å²) in [5.41, 5.74) is 9.02. The highest BCUT2D eigenvalue weighted by molar-refractivity contribution is 6.30. The van der Waals surface area contributed by atoms with Crippen molar-refractivity contribution in [1.82, 2.24) is 5.32 Å². The molecule has 0 saturated heterocycles. The monoisotopic (exact) mass is 288 g/mol. The number of hydrogen-bond donors (Lipinski definition) is 2. The number of para-hydroxylation sites is 1. The first kappa shape index (κ1) is 14.4. The van der Waals surface area contributed by atoms with Gasteiger partial charge < -0.3 is 11.1 Å². The molecule has 1 amide bonds. The van der Waals surface area contributed by atoms with Crippen molar-refractivity contribution < 1.29 is 4.79 Å². The molecule has 0 aliphatic carbocycles. The van der Waals surface area contributed by atoms with Crippen molar-refractivity contribution in [2.75, 3.05) is 12.3 Å². The van der Waals surface area contributed by atoms with Gasteiger partial charge in [-0.1, -0.05) is 35.9 Å². The summed E-state index contributed by atoms with van der Waals surface area (Å²) in [5.74, 6) is -0.139. The molecule has 0 aliphatic rings. The van der Waals surface area contributed by atoms with E-state index in [2.05, 4.69) is 5.32 Å². The Hall–Kier alpha value is -2.00. The van der Waals surface area contributed by atoms with E-state index in [-0.39, 0.29) is 5.91 Å². The third-order valence-electron chi connectivity index (χ3n) is 3.18. The first-order chi connectivity index (χ1) is 9.58. The van der Waals surface area contributed by atoms with E-state index >= 15 is 0 Å². The van der Waals surface area contributed by atoms with Crippen molar-refractivity contribution in [2.24, 2.45) is 0 Å². The van der Waals surface area contributed by atoms with E-state index in [4.69, 9.17) is 17.3 Å². The van der Waals surface area contributed by atoms with Crippen LogP contribution < -0.4 is 11.1 Å². The molecule has 0 saturated carbocycles. The molecule has 0 heterocycles. The molecule has 0 bridgehead atoms. The number of benzene rings is 2. The zero-order valence-corrected chi connectivity index (χ0v) is 12.1. The second-order valence-electron chi connectivity index (χ2n) is 4.67. The van der Waals surface area contributed by atoms with Gasteiger partial charge in [-0.3, -0.25) is 4.79 Å². The maximum atomic E-state index is 12.0. The topological polar surface area (TPSA) is 55.1 Å². The summed E-state index contributed by atoms with van der Waals surface area (Å²) in [6, 6.07) is 13.1. The number of halogens is 1. The predicted octanol–water partition coefficient (Wildman–Crippen LogP) is 3.20. The summed E-state index contributed by atoms with van der Waals surface area (Å²) in [4.78, 5) is 12.0. The van der Waals surface area contributed by atoms with E-state index in [1.807, 2.05) is 43.3 Å². The van der Waals surface area contributed by atoms with Gasteiger partial charge in [-0.2, -0.15) is 0 Å². The van der Waals surface area contributed by atoms with Gasteiger partial charge in [0.05, 0.1) is 5.56 Å². The highest BCUT2D eigenvalue weighted by atomic mass is 35.5. The minimum absolute atomic E-state index is 0.139. The first-order valence-electron chi connectivity index (χ1n) is 6.45. The van der Waals surface area contributed by atoms with Crippen molar-refractivity contribution in [1.29, 1.82) is 0 Å². The van der Waals surface area contributed by atoms with Gasteiger partial charge in [-0.25, -0.2) is 0 Å². The van der Waals surface area contributed by atoms with Crippen LogP contribution in [0.1, 0.15) is 21.5 Å². The quantitative estimate of drug-likeness (QED) is 0.849. The number of rotatable bonds is 4. The summed E-state index contributed by atoms with van der Waals surface area (Å²) < 4.78 is 0. The molecule has 20 heavy (non-hydrogen) atoms. The summed E-state index contributed by atoms with van der Waals surface area (Å²) in [6.45, 7) is 2.45. The molecule has 2 aromatic rings. The Balaban J connectivity index is 1.92. The van der Waals surface area contributed by atoms with E-state index in [1.165, 1.54) is 0 Å². The second-order valence-corrected chi connectivity index (χ2v) is 5.10. The third kappa shape index (κ3) is 3.52. The standard InChI is InChI=1S/C16H17ClN2O/c1-11-3-2-4-14(15(11)18)16(20)19-10-9-12-5-7-13(17)8-6-12/h2-8H,9-10,18H2,1H3,(H,19,20). The van der Waals surface area contributed by atoms with Crippen LogP contribution in [0.2, 0.25) is 5.02 Å². The average molecular weight is 289 g/mol. The lowest BCUT2D eigenvalue weighted by molar-refractivity contribution is 0.0955. The third-order valence-corrected chi connectivity index (χ3v) is 3.43. The Morgan fingerprint density at radius 1 is 1.20 bits per heavy atom. The van der Waals surface area contributed by atoms with Crippen LogP contribution in [0, 0.1) is 6.92 Å². The van der Waals surface area contributed by atoms with Gasteiger partial charge in [0, 0.05) is 17.3 Å². The molecular weight excluding hydrogens is 272 g/mol. The molecule has 0 aromatic heterocycles. The van der Waals surface area contributed by atoms with Gasteiger partial charge in [0.25, 0.3) is 5.91 Å². The van der Waals surface area contributed by atoms with E-state index in [9.17, 15) is 4.79 Å². The number of carbonyl (C=O) groups is 1. The molecule has 4 heteroatoms. The van der Waals surface area contributed by atoms with E-state index in [0.717, 1.165) is 17.5 Å². The minimum Gasteiger partial charge on any atom is -0.398 e. The normalized spacial score (nSPS) is 10.3. The van der Waals surface area contributed by atoms with Crippen molar-refractivity contribution in [2.45, 2.75) is 13.3 Å². The van der Waals surface area contributed by atoms with Gasteiger partial charge in [-0.15, -0.1) is 0 Å². The Kier molecular flexibility index (Phi) is 4.64. The SMILES string of the molecule is Cc1cccc(C(=O)NCCc2ccc(Cl)cc2)c1N. The number of aryl methyl sites for hydroxylation is 1. The Morgan fingerprint density at radius 3 is 2.60 bits per heavy atom. The number of anilines is 1. The fourth-order valence-electron chi connectivity index (χ4n) is 1.95. The molecule has 3 nitrogen and oxygen atoms in total. The van der Waals surface area contributed by atoms with Crippen molar-refractivity contribution in [3.63, 3.8) is 0 Å². The molecule has 0 radical (unpaired) electrons. The Bertz CT molecular complexity index is 608. The molecule has 0 aliphatic heterocycles. The Labute approximate surface area is 123 Å². The summed E-state index contributed by atoms with van der Waals surface area (Å²) >= 11 is 5.82. The largest absolute Gasteiger partial charge is 0.398 e. The van der Waals surface area contributed by atoms with Crippen LogP contribution in [-0.2, 0) is 6.42 Å². The number of amides is 1. The fraction of sp³-hybridized carbons (Fsp3) is 0.188. The van der Waals surface area contributed by atoms with Crippen LogP contribution in [0.25, 0.3) is 0 Å². The number of nitrogens with two attached hydrogens (primary N) is 1. The number of nitrogen functional groups attached to an aromatic ring is 1. The molecule has 0 spiro atoms. The predicted molar refractivity (Wildman–Crippen MR) is 83.1 cm³/mol. The van der Waals surface area contributed by atoms with Gasteiger partial charge in [0.15, 0.2) is 0 Å². The summed E-state index contributed by atoms with van der Waals surface area (Å²) in [7, 11) is 0. The molecule has 2 aromatic carbocycles. The van der Waals surface area contributed by atoms with Crippen LogP contribution in [0.5, 0.6) is 0 Å². The molecular formula is C16H17ClN2O. The molecule has 2 rings (SSSR count). The second kappa shape index (κ2) is 6.44. The van der Waals surface area contributed by atoms with Crippen LogP contribution in [0.3, 0.4) is 0 Å². The zero-order chi connectivity index (χ0) is 14.5. The molecule has 0 fully saturated rings. The molecule has 104 valence electrons. The average Bonchev–Trinajstić information content (AvgIpc) is 2.44. The lowest BCUT2D eigenvalue weighted by atomic mass is 10.1. The first-order valence-corrected chi connectivity index (χ1v) is 6.83. The smallest absolute Gasteiger partial charge is 0.253 e. The van der Waals surface area contributed by atoms with Gasteiger partial charge >= 0.3 is 0 Å². The van der Waals surface area contributed by atoms with Crippen LogP contribution in [0.15, 0.2) is 42.5 Å². The van der Waals surface area contributed by atoms with Gasteiger partial charge in [-0.05, 0) is 42.7 Å². The van der Waals surface area contributed by atoms with Gasteiger partial charge in [0.2, 0.25) is 0 Å². The molecule has 0 unspecified atom stereocenters. The van der Waals surface area contributed by atoms with Crippen molar-refractivity contribution >= 4 is 23.2 Å². The zero-order valence-electron chi connectivity index (χ0n) is 11.3. The number of carbonyl (C=O) groups excluding carboxylic acids is 1. The number of nitrogens with one attached hydrogen (secondary N) is 1. The number of hydrogen-bond acceptors (Lipinski definition) is 2. The summed E-state index contributed by atoms with van der Waals surface area (Å²) in [5, 5.41) is 3.59. The highest BCUT2D eigenvalue weighted by Gasteiger charge is 2.09. The van der Waals surface area contributed by atoms with Crippen LogP contribution in [-0.4, -0.2) is 12.5 Å². The minimum atomic E-state index is -0.139. The van der Waals surface area contributed by atoms with Crippen molar-refractivity contribution in [3.05, 3.63) is 64.2 Å². The lowest BCUT2D eigenvalue weighted by Gasteiger charge is -2.09. The molecule has 3 N–H and O–H groups in total. The van der Waals surface area contributed by atoms with E-state index < -0.39 is 0 Å². The highest BCUT2D eigenvalue weighted by Crippen LogP contribution is 2.16.